The molecule has 0 aliphatic carbocycles. The monoisotopic (exact) mass is 684 g/mol. The van der Waals surface area contributed by atoms with E-state index >= 15 is 0 Å². The molecule has 1 saturated heterocycles. The molecule has 0 amide bonds. The lowest BCUT2D eigenvalue weighted by atomic mass is 10.2. The van der Waals surface area contributed by atoms with Gasteiger partial charge in [-0.25, -0.2) is 19.9 Å². The van der Waals surface area contributed by atoms with E-state index in [9.17, 15) is 0 Å². The number of halogens is 1. The Kier molecular flexibility index (Phi) is 8.90. The van der Waals surface area contributed by atoms with Gasteiger partial charge in [0.25, 0.3) is 8.32 Å². The van der Waals surface area contributed by atoms with Crippen LogP contribution in [0, 0.1) is 0 Å². The van der Waals surface area contributed by atoms with Gasteiger partial charge in [0.2, 0.25) is 0 Å². The number of benzene rings is 2. The normalized spacial score (nSPS) is 21.6. The molecule has 0 saturated carbocycles. The van der Waals surface area contributed by atoms with Gasteiger partial charge in [-0.05, 0) is 15.4 Å². The third kappa shape index (κ3) is 5.70. The second-order valence-electron chi connectivity index (χ2n) is 11.4. The summed E-state index contributed by atoms with van der Waals surface area (Å²) in [6.07, 6.45) is 4.07. The molecule has 2 aromatic heterocycles. The number of imidazole rings is 1. The Morgan fingerprint density at radius 2 is 1.66 bits per heavy atom. The summed E-state index contributed by atoms with van der Waals surface area (Å²) in [5, 5.41) is 2.35. The van der Waals surface area contributed by atoms with Gasteiger partial charge in [0, 0.05) is 21.2 Å². The smallest absolute Gasteiger partial charge is 0.261 e. The Morgan fingerprint density at radius 1 is 1.02 bits per heavy atom. The third-order valence-electron chi connectivity index (χ3n) is 7.44. The van der Waals surface area contributed by atoms with Crippen LogP contribution in [-0.4, -0.2) is 83.0 Å². The summed E-state index contributed by atoms with van der Waals surface area (Å²) in [5.41, 5.74) is 1.26. The standard InChI is InChI=1S/C30H37IN6O3Si/c1-30(2,3)41(21-13-9-7-10-14-21,22-15-11-8-12-16-22)39-17-23-24(31)26(38-6)29(40-23)37-20-34-25-27(35-19-36(4)5)32-18-33-28(25)37/h7-16,18-20,23-24,26,29H,17H2,1-6H3/b35-19+/t23-,24+,26-,29-/m1/s1. The fraction of sp³-hybridized carbons (Fsp3) is 0.400. The Balaban J connectivity index is 1.48. The molecule has 0 bridgehead atoms. The first-order valence-corrected chi connectivity index (χ1v) is 16.8. The SMILES string of the molecule is CO[C@@H]1[C@@H](I)[C@@H](CO[Si](c2ccccc2)(c2ccccc2)C(C)(C)C)O[C@H]1n1cnc2c(/N=C/N(C)C)ncnc21. The van der Waals surface area contributed by atoms with Crippen LogP contribution in [0.15, 0.2) is 78.3 Å². The number of fused-ring (bicyclic) bond motifs is 1. The number of alkyl halides is 1. The van der Waals surface area contributed by atoms with Crippen molar-refractivity contribution in [3.63, 3.8) is 0 Å². The largest absolute Gasteiger partial charge is 0.405 e. The van der Waals surface area contributed by atoms with Crippen LogP contribution in [0.5, 0.6) is 0 Å². The Labute approximate surface area is 256 Å². The van der Waals surface area contributed by atoms with E-state index in [1.807, 2.05) is 23.6 Å². The van der Waals surface area contributed by atoms with Crippen molar-refractivity contribution in [3.05, 3.63) is 73.3 Å². The maximum atomic E-state index is 7.22. The zero-order valence-electron chi connectivity index (χ0n) is 24.3. The molecule has 41 heavy (non-hydrogen) atoms. The zero-order chi connectivity index (χ0) is 29.2. The number of hydrogen-bond acceptors (Lipinski definition) is 7. The molecule has 5 rings (SSSR count). The van der Waals surface area contributed by atoms with Gasteiger partial charge in [-0.1, -0.05) is 104 Å². The predicted octanol–water partition coefficient (Wildman–Crippen LogP) is 4.34. The van der Waals surface area contributed by atoms with Gasteiger partial charge in [-0.15, -0.1) is 0 Å². The van der Waals surface area contributed by atoms with Crippen molar-refractivity contribution in [3.8, 4) is 0 Å². The van der Waals surface area contributed by atoms with Crippen LogP contribution < -0.4 is 10.4 Å². The lowest BCUT2D eigenvalue weighted by molar-refractivity contribution is -0.0567. The molecule has 0 spiro atoms. The van der Waals surface area contributed by atoms with Crippen LogP contribution in [0.1, 0.15) is 27.0 Å². The third-order valence-corrected chi connectivity index (χ3v) is 14.0. The van der Waals surface area contributed by atoms with Crippen molar-refractivity contribution in [2.75, 3.05) is 27.8 Å². The first-order valence-electron chi connectivity index (χ1n) is 13.6. The van der Waals surface area contributed by atoms with Gasteiger partial charge < -0.3 is 18.8 Å². The van der Waals surface area contributed by atoms with Crippen molar-refractivity contribution in [2.45, 2.75) is 48.2 Å². The maximum Gasteiger partial charge on any atom is 0.261 e. The lowest BCUT2D eigenvalue weighted by Gasteiger charge is -2.43. The summed E-state index contributed by atoms with van der Waals surface area (Å²) in [6, 6.07) is 21.3. The number of methoxy groups -OCH3 is 1. The van der Waals surface area contributed by atoms with Crippen molar-refractivity contribution in [2.24, 2.45) is 4.99 Å². The van der Waals surface area contributed by atoms with Crippen LogP contribution in [0.25, 0.3) is 11.2 Å². The number of hydrogen-bond donors (Lipinski definition) is 0. The van der Waals surface area contributed by atoms with Crippen LogP contribution in [-0.2, 0) is 13.9 Å². The van der Waals surface area contributed by atoms with Gasteiger partial charge in [-0.2, -0.15) is 0 Å². The van der Waals surface area contributed by atoms with E-state index in [0.29, 0.717) is 23.6 Å². The molecule has 11 heteroatoms. The number of nitrogens with zero attached hydrogens (tertiary/aromatic N) is 6. The molecular weight excluding hydrogens is 647 g/mol. The highest BCUT2D eigenvalue weighted by Crippen LogP contribution is 2.41. The molecule has 1 aliphatic rings. The minimum atomic E-state index is -2.72. The van der Waals surface area contributed by atoms with Crippen LogP contribution in [0.2, 0.25) is 5.04 Å². The van der Waals surface area contributed by atoms with Crippen molar-refractivity contribution in [1.29, 1.82) is 0 Å². The van der Waals surface area contributed by atoms with E-state index in [0.717, 1.165) is 0 Å². The van der Waals surface area contributed by atoms with Gasteiger partial charge in [0.1, 0.15) is 12.4 Å². The molecule has 3 heterocycles. The predicted molar refractivity (Wildman–Crippen MR) is 173 cm³/mol. The topological polar surface area (TPSA) is 86.9 Å². The summed E-state index contributed by atoms with van der Waals surface area (Å²) in [5.74, 6) is 0.506. The fourth-order valence-electron chi connectivity index (χ4n) is 5.56. The van der Waals surface area contributed by atoms with Gasteiger partial charge in [0.05, 0.1) is 29.3 Å². The van der Waals surface area contributed by atoms with Gasteiger partial charge in [-0.3, -0.25) is 4.57 Å². The van der Waals surface area contributed by atoms with E-state index in [-0.39, 0.29) is 21.2 Å². The molecule has 0 N–H and O–H groups in total. The maximum absolute atomic E-state index is 7.22. The van der Waals surface area contributed by atoms with E-state index in [1.54, 1.807) is 19.8 Å². The summed E-state index contributed by atoms with van der Waals surface area (Å²) in [4.78, 5) is 19.8. The fourth-order valence-corrected chi connectivity index (χ4v) is 11.2. The van der Waals surface area contributed by atoms with Gasteiger partial charge in [0.15, 0.2) is 23.2 Å². The highest BCUT2D eigenvalue weighted by molar-refractivity contribution is 14.1. The molecule has 0 radical (unpaired) electrons. The van der Waals surface area contributed by atoms with Crippen LogP contribution >= 0.6 is 22.6 Å². The van der Waals surface area contributed by atoms with Crippen LogP contribution in [0.4, 0.5) is 5.82 Å². The summed E-state index contributed by atoms with van der Waals surface area (Å²) in [7, 11) is 2.82. The minimum Gasteiger partial charge on any atom is -0.405 e. The second-order valence-corrected chi connectivity index (χ2v) is 17.2. The quantitative estimate of drug-likeness (QED) is 0.0853. The molecular formula is C30H37IN6O3Si. The molecule has 0 unspecified atom stereocenters. The molecule has 1 aliphatic heterocycles. The van der Waals surface area contributed by atoms with Crippen LogP contribution in [0.3, 0.4) is 0 Å². The van der Waals surface area contributed by atoms with Crippen molar-refractivity contribution in [1.82, 2.24) is 24.4 Å². The average Bonchev–Trinajstić information content (AvgIpc) is 3.53. The van der Waals surface area contributed by atoms with E-state index in [2.05, 4.69) is 124 Å². The number of aromatic nitrogens is 4. The second kappa shape index (κ2) is 12.3. The summed E-state index contributed by atoms with van der Waals surface area (Å²) >= 11 is 2.44. The number of ether oxygens (including phenoxy) is 2. The van der Waals surface area contributed by atoms with E-state index in [1.165, 1.54) is 16.7 Å². The van der Waals surface area contributed by atoms with E-state index in [4.69, 9.17) is 13.9 Å². The van der Waals surface area contributed by atoms with E-state index < -0.39 is 14.5 Å². The molecule has 4 atom stereocenters. The molecule has 216 valence electrons. The lowest BCUT2D eigenvalue weighted by Crippen LogP contribution is -2.67. The summed E-state index contributed by atoms with van der Waals surface area (Å²) in [6.45, 7) is 7.28. The molecule has 9 nitrogen and oxygen atoms in total. The van der Waals surface area contributed by atoms with Crippen molar-refractivity contribution >= 4 is 64.6 Å². The molecule has 4 aromatic rings. The zero-order valence-corrected chi connectivity index (χ0v) is 27.5. The molecule has 2 aromatic carbocycles. The number of aliphatic imine (C=N–C) groups is 1. The Bertz CT molecular complexity index is 1440. The number of rotatable bonds is 9. The Morgan fingerprint density at radius 3 is 2.22 bits per heavy atom. The first-order chi connectivity index (χ1) is 19.7. The highest BCUT2D eigenvalue weighted by atomic mass is 127. The highest BCUT2D eigenvalue weighted by Gasteiger charge is 2.52. The van der Waals surface area contributed by atoms with Gasteiger partial charge >= 0.3 is 0 Å². The molecule has 1 fully saturated rings. The Hall–Kier alpha value is -2.71. The summed E-state index contributed by atoms with van der Waals surface area (Å²) < 4.78 is 21.9. The van der Waals surface area contributed by atoms with Crippen molar-refractivity contribution < 1.29 is 13.9 Å². The first kappa shape index (κ1) is 29.8. The minimum absolute atomic E-state index is 0.0336. The average molecular weight is 685 g/mol.